The molecule has 2 aromatic carbocycles. The largest absolute Gasteiger partial charge is 0.463 e. The Morgan fingerprint density at radius 3 is 2.39 bits per heavy atom. The van der Waals surface area contributed by atoms with E-state index in [9.17, 15) is 9.59 Å². The van der Waals surface area contributed by atoms with Crippen LogP contribution in [0.2, 0.25) is 0 Å². The quantitative estimate of drug-likeness (QED) is 0.584. The molecule has 0 saturated carbocycles. The highest BCUT2D eigenvalue weighted by molar-refractivity contribution is 5.93. The van der Waals surface area contributed by atoms with Gasteiger partial charge in [-0.05, 0) is 57.9 Å². The molecule has 0 saturated heterocycles. The number of nitrogens with one attached hydrogen (secondary N) is 1. The van der Waals surface area contributed by atoms with E-state index in [-0.39, 0.29) is 30.1 Å². The molecule has 0 aliphatic carbocycles. The Labute approximate surface area is 182 Å². The lowest BCUT2D eigenvalue weighted by atomic mass is 10.0. The molecule has 1 unspecified atom stereocenters. The van der Waals surface area contributed by atoms with Gasteiger partial charge < -0.3 is 10.1 Å². The van der Waals surface area contributed by atoms with Crippen LogP contribution < -0.4 is 5.32 Å². The molecule has 1 amide bonds. The summed E-state index contributed by atoms with van der Waals surface area (Å²) in [6.45, 7) is 9.36. The fourth-order valence-corrected chi connectivity index (χ4v) is 3.30. The fraction of sp³-hybridized carbons (Fsp3) is 0.333. The van der Waals surface area contributed by atoms with Crippen molar-refractivity contribution in [2.75, 3.05) is 0 Å². The van der Waals surface area contributed by atoms with Crippen molar-refractivity contribution in [2.45, 2.75) is 53.2 Å². The average molecular weight is 421 g/mol. The molecule has 31 heavy (non-hydrogen) atoms. The minimum atomic E-state index is -0.539. The van der Waals surface area contributed by atoms with Crippen molar-refractivity contribution in [2.24, 2.45) is 0 Å². The Morgan fingerprint density at radius 1 is 1.03 bits per heavy atom. The summed E-state index contributed by atoms with van der Waals surface area (Å²) < 4.78 is 6.92. The second-order valence-corrected chi connectivity index (χ2v) is 7.95. The second-order valence-electron chi connectivity index (χ2n) is 7.95. The third kappa shape index (κ3) is 5.57. The van der Waals surface area contributed by atoms with E-state index in [0.717, 1.165) is 22.4 Å². The van der Waals surface area contributed by atoms with Crippen LogP contribution in [0.5, 0.6) is 0 Å². The third-order valence-corrected chi connectivity index (χ3v) is 4.88. The maximum atomic E-state index is 13.1. The number of aryl methyl sites for hydroxylation is 2. The lowest BCUT2D eigenvalue weighted by Gasteiger charge is -2.19. The Hall–Kier alpha value is -3.48. The van der Waals surface area contributed by atoms with Crippen molar-refractivity contribution in [1.82, 2.24) is 20.3 Å². The van der Waals surface area contributed by atoms with Gasteiger partial charge in [0.05, 0.1) is 29.9 Å². The number of carbonyl (C=O) groups is 2. The van der Waals surface area contributed by atoms with Crippen LogP contribution in [-0.2, 0) is 9.53 Å². The first kappa shape index (κ1) is 22.2. The van der Waals surface area contributed by atoms with Gasteiger partial charge in [-0.2, -0.15) is 0 Å². The van der Waals surface area contributed by atoms with Crippen LogP contribution in [0.3, 0.4) is 0 Å². The highest BCUT2D eigenvalue weighted by Crippen LogP contribution is 2.20. The highest BCUT2D eigenvalue weighted by atomic mass is 16.5. The molecule has 7 heteroatoms. The van der Waals surface area contributed by atoms with Gasteiger partial charge in [-0.15, -0.1) is 5.10 Å². The first-order valence-corrected chi connectivity index (χ1v) is 10.3. The van der Waals surface area contributed by atoms with Gasteiger partial charge in [0.15, 0.2) is 5.69 Å². The number of ether oxygens (including phenoxy) is 1. The van der Waals surface area contributed by atoms with E-state index < -0.39 is 6.04 Å². The molecule has 0 aliphatic heterocycles. The molecule has 1 N–H and O–H groups in total. The molecule has 3 aromatic rings. The number of hydrogen-bond donors (Lipinski definition) is 1. The highest BCUT2D eigenvalue weighted by Gasteiger charge is 2.24. The number of amides is 1. The zero-order valence-corrected chi connectivity index (χ0v) is 18.5. The maximum Gasteiger partial charge on any atom is 0.308 e. The van der Waals surface area contributed by atoms with Crippen LogP contribution in [0.15, 0.2) is 48.5 Å². The van der Waals surface area contributed by atoms with E-state index >= 15 is 0 Å². The molecule has 0 bridgehead atoms. The first-order valence-electron chi connectivity index (χ1n) is 10.3. The van der Waals surface area contributed by atoms with Gasteiger partial charge in [0.25, 0.3) is 5.91 Å². The van der Waals surface area contributed by atoms with Crippen molar-refractivity contribution >= 4 is 11.9 Å². The predicted octanol–water partition coefficient (Wildman–Crippen LogP) is 4.01. The van der Waals surface area contributed by atoms with Gasteiger partial charge in [-0.1, -0.05) is 47.2 Å². The molecule has 1 atom stereocenters. The fourth-order valence-electron chi connectivity index (χ4n) is 3.30. The summed E-state index contributed by atoms with van der Waals surface area (Å²) in [7, 11) is 0. The van der Waals surface area contributed by atoms with Gasteiger partial charge in [-0.25, -0.2) is 4.68 Å². The summed E-state index contributed by atoms with van der Waals surface area (Å²) in [5.74, 6) is -0.764. The smallest absolute Gasteiger partial charge is 0.308 e. The Balaban J connectivity index is 1.84. The van der Waals surface area contributed by atoms with Gasteiger partial charge in [0.1, 0.15) is 0 Å². The van der Waals surface area contributed by atoms with Gasteiger partial charge in [0.2, 0.25) is 0 Å². The van der Waals surface area contributed by atoms with E-state index in [1.165, 1.54) is 0 Å². The van der Waals surface area contributed by atoms with E-state index in [4.69, 9.17) is 4.74 Å². The molecule has 3 rings (SSSR count). The normalized spacial score (nSPS) is 11.9. The number of carbonyl (C=O) groups excluding carboxylic acids is 2. The summed E-state index contributed by atoms with van der Waals surface area (Å²) in [5, 5.41) is 11.2. The van der Waals surface area contributed by atoms with Crippen LogP contribution in [-0.4, -0.2) is 33.0 Å². The molecule has 0 fully saturated rings. The Morgan fingerprint density at radius 2 is 1.74 bits per heavy atom. The minimum Gasteiger partial charge on any atom is -0.463 e. The van der Waals surface area contributed by atoms with Crippen LogP contribution in [0, 0.1) is 20.8 Å². The molecular formula is C24H28N4O3. The molecule has 7 nitrogen and oxygen atoms in total. The molecule has 162 valence electrons. The second kappa shape index (κ2) is 9.55. The predicted molar refractivity (Wildman–Crippen MR) is 118 cm³/mol. The molecule has 0 aliphatic rings. The number of rotatable bonds is 7. The van der Waals surface area contributed by atoms with Crippen molar-refractivity contribution in [1.29, 1.82) is 0 Å². The van der Waals surface area contributed by atoms with Gasteiger partial charge in [0, 0.05) is 0 Å². The standard InChI is InChI=1S/C24H28N4O3/c1-15(2)31-22(29)14-21(19-11-9-16(3)10-12-19)25-24(30)23-18(5)28(27-26-23)20-8-6-7-17(4)13-20/h6-13,15,21H,14H2,1-5H3,(H,25,30). The van der Waals surface area contributed by atoms with Crippen molar-refractivity contribution < 1.29 is 14.3 Å². The average Bonchev–Trinajstić information content (AvgIpc) is 3.09. The maximum absolute atomic E-state index is 13.1. The van der Waals surface area contributed by atoms with E-state index in [2.05, 4.69) is 15.6 Å². The zero-order valence-electron chi connectivity index (χ0n) is 18.5. The molecule has 0 radical (unpaired) electrons. The van der Waals surface area contributed by atoms with E-state index in [1.54, 1.807) is 25.5 Å². The van der Waals surface area contributed by atoms with Crippen molar-refractivity contribution in [3.8, 4) is 5.69 Å². The number of benzene rings is 2. The zero-order chi connectivity index (χ0) is 22.5. The summed E-state index contributed by atoms with van der Waals surface area (Å²) in [6, 6.07) is 15.0. The molecule has 0 spiro atoms. The number of hydrogen-bond acceptors (Lipinski definition) is 5. The van der Waals surface area contributed by atoms with Crippen molar-refractivity contribution in [3.63, 3.8) is 0 Å². The van der Waals surface area contributed by atoms with Gasteiger partial charge in [-0.3, -0.25) is 9.59 Å². The molecule has 1 heterocycles. The number of aromatic nitrogens is 3. The van der Waals surface area contributed by atoms with Crippen LogP contribution in [0.4, 0.5) is 0 Å². The number of esters is 1. The lowest BCUT2D eigenvalue weighted by Crippen LogP contribution is -2.31. The summed E-state index contributed by atoms with van der Waals surface area (Å²) in [5.41, 5.74) is 4.67. The first-order chi connectivity index (χ1) is 14.7. The molecular weight excluding hydrogens is 392 g/mol. The Bertz CT molecular complexity index is 1070. The van der Waals surface area contributed by atoms with E-state index in [1.807, 2.05) is 62.4 Å². The Kier molecular flexibility index (Phi) is 6.84. The third-order valence-electron chi connectivity index (χ3n) is 4.88. The van der Waals surface area contributed by atoms with Crippen molar-refractivity contribution in [3.05, 3.63) is 76.6 Å². The van der Waals surface area contributed by atoms with E-state index in [0.29, 0.717) is 5.69 Å². The SMILES string of the molecule is Cc1ccc(C(CC(=O)OC(C)C)NC(=O)c2nnn(-c3cccc(C)c3)c2C)cc1. The lowest BCUT2D eigenvalue weighted by molar-refractivity contribution is -0.147. The van der Waals surface area contributed by atoms with Crippen LogP contribution in [0.1, 0.15) is 59.2 Å². The minimum absolute atomic E-state index is 0.0258. The monoisotopic (exact) mass is 420 g/mol. The van der Waals surface area contributed by atoms with Crippen LogP contribution in [0.25, 0.3) is 5.69 Å². The summed E-state index contributed by atoms with van der Waals surface area (Å²) in [4.78, 5) is 25.4. The van der Waals surface area contributed by atoms with Crippen LogP contribution >= 0.6 is 0 Å². The van der Waals surface area contributed by atoms with Gasteiger partial charge >= 0.3 is 5.97 Å². The number of nitrogens with zero attached hydrogens (tertiary/aromatic N) is 3. The summed E-state index contributed by atoms with van der Waals surface area (Å²) in [6.07, 6.45) is -0.198. The topological polar surface area (TPSA) is 86.1 Å². The summed E-state index contributed by atoms with van der Waals surface area (Å²) >= 11 is 0. The molecule has 1 aromatic heterocycles.